The van der Waals surface area contributed by atoms with Crippen LogP contribution in [-0.4, -0.2) is 46.0 Å². The van der Waals surface area contributed by atoms with E-state index in [1.165, 1.54) is 42.5 Å². The number of Topliss-reactive ketones (excluding diaryl/α,β-unsaturated/α-hetero) is 1. The Balaban J connectivity index is 1.39. The van der Waals surface area contributed by atoms with Gasteiger partial charge in [0.25, 0.3) is 17.7 Å². The molecule has 42 heavy (non-hydrogen) atoms. The minimum atomic E-state index is -0.793. The number of imide groups is 1. The van der Waals surface area contributed by atoms with Crippen LogP contribution >= 0.6 is 23.2 Å². The number of halogens is 2. The van der Waals surface area contributed by atoms with E-state index in [1.807, 2.05) is 19.9 Å². The van der Waals surface area contributed by atoms with Crippen molar-refractivity contribution in [3.05, 3.63) is 111 Å². The Morgan fingerprint density at radius 1 is 0.881 bits per heavy atom. The third-order valence-corrected chi connectivity index (χ3v) is 7.95. The Hall–Kier alpha value is -4.27. The Morgan fingerprint density at radius 3 is 2.19 bits per heavy atom. The highest BCUT2D eigenvalue weighted by Gasteiger charge is 2.52. The van der Waals surface area contributed by atoms with Gasteiger partial charge in [0.15, 0.2) is 5.78 Å². The van der Waals surface area contributed by atoms with E-state index < -0.39 is 47.9 Å². The van der Waals surface area contributed by atoms with Gasteiger partial charge in [0.1, 0.15) is 12.3 Å². The molecule has 1 aliphatic carbocycles. The van der Waals surface area contributed by atoms with Crippen LogP contribution in [-0.2, 0) is 9.59 Å². The summed E-state index contributed by atoms with van der Waals surface area (Å²) >= 11 is 12.3. The largest absolute Gasteiger partial charge is 0.423 e. The summed E-state index contributed by atoms with van der Waals surface area (Å²) < 4.78 is 5.40. The van der Waals surface area contributed by atoms with Crippen LogP contribution in [0.2, 0.25) is 10.0 Å². The van der Waals surface area contributed by atoms with Gasteiger partial charge in [-0.05, 0) is 81.3 Å². The number of allylic oxidation sites excluding steroid dienone is 2. The molecule has 8 nitrogen and oxygen atoms in total. The molecule has 3 amide bonds. The van der Waals surface area contributed by atoms with Crippen LogP contribution in [0.5, 0.6) is 5.75 Å². The molecule has 214 valence electrons. The number of ketones is 1. The number of hydrazine groups is 1. The molecule has 3 aromatic rings. The minimum Gasteiger partial charge on any atom is -0.423 e. The fourth-order valence-electron chi connectivity index (χ4n) is 5.09. The molecule has 5 rings (SSSR count). The van der Waals surface area contributed by atoms with Crippen molar-refractivity contribution in [2.24, 2.45) is 11.8 Å². The lowest BCUT2D eigenvalue weighted by Gasteiger charge is -2.30. The molecular weight excluding hydrogens is 579 g/mol. The van der Waals surface area contributed by atoms with E-state index in [0.717, 1.165) is 21.2 Å². The molecular formula is C32H26Cl2N2O6. The highest BCUT2D eigenvalue weighted by Crippen LogP contribution is 2.39. The van der Waals surface area contributed by atoms with E-state index in [2.05, 4.69) is 0 Å². The van der Waals surface area contributed by atoms with Crippen molar-refractivity contribution in [1.82, 2.24) is 10.0 Å². The van der Waals surface area contributed by atoms with Crippen molar-refractivity contribution in [2.45, 2.75) is 26.7 Å². The number of hydrogen-bond donors (Lipinski definition) is 0. The summed E-state index contributed by atoms with van der Waals surface area (Å²) in [5, 5.41) is 1.97. The van der Waals surface area contributed by atoms with E-state index in [1.54, 1.807) is 24.3 Å². The predicted molar refractivity (Wildman–Crippen MR) is 156 cm³/mol. The number of amides is 3. The molecule has 10 heteroatoms. The zero-order valence-corrected chi connectivity index (χ0v) is 24.3. The number of fused-ring (bicyclic) bond motifs is 1. The Morgan fingerprint density at radius 2 is 1.52 bits per heavy atom. The van der Waals surface area contributed by atoms with E-state index >= 15 is 0 Å². The molecule has 0 saturated carbocycles. The fraction of sp³-hybridized carbons (Fsp3) is 0.219. The van der Waals surface area contributed by atoms with Crippen molar-refractivity contribution in [1.29, 1.82) is 0 Å². The van der Waals surface area contributed by atoms with Crippen LogP contribution in [0.1, 0.15) is 56.4 Å². The standard InChI is InChI=1S/C32H26Cl2N2O6/c1-18-3-6-21(7-4-18)32(41)42-23-11-8-20(9-12-23)28(37)17-35(29(38)25-14-10-22(33)16-27(25)34)36-30(39)24-13-5-19(2)15-26(24)31(36)40/h3-12,14,16,24,26H,13,15,17H2,1-2H3/t24-,26-/m1/s1. The van der Waals surface area contributed by atoms with Gasteiger partial charge in [0.2, 0.25) is 0 Å². The number of carbonyl (C=O) groups excluding carboxylic acids is 5. The smallest absolute Gasteiger partial charge is 0.343 e. The van der Waals surface area contributed by atoms with Crippen LogP contribution in [0.25, 0.3) is 0 Å². The number of nitrogens with zero attached hydrogens (tertiary/aromatic N) is 2. The molecule has 1 fully saturated rings. The number of rotatable bonds is 7. The summed E-state index contributed by atoms with van der Waals surface area (Å²) in [5.74, 6) is -3.99. The average Bonchev–Trinajstić information content (AvgIpc) is 3.20. The predicted octanol–water partition coefficient (Wildman–Crippen LogP) is 6.10. The van der Waals surface area contributed by atoms with Gasteiger partial charge in [0.05, 0.1) is 28.0 Å². The van der Waals surface area contributed by atoms with Gasteiger partial charge in [-0.2, -0.15) is 5.01 Å². The monoisotopic (exact) mass is 604 g/mol. The maximum Gasteiger partial charge on any atom is 0.343 e. The molecule has 2 aliphatic rings. The molecule has 0 N–H and O–H groups in total. The third-order valence-electron chi connectivity index (χ3n) is 7.40. The molecule has 0 radical (unpaired) electrons. The SMILES string of the molecule is CC1=CC[C@H]2C(=O)N(N(CC(=O)c3ccc(OC(=O)c4ccc(C)cc4)cc3)C(=O)c3ccc(Cl)cc3Cl)C(=O)[C@@H]2C1. The molecule has 2 atom stereocenters. The van der Waals surface area contributed by atoms with Crippen LogP contribution < -0.4 is 4.74 Å². The first-order valence-corrected chi connectivity index (χ1v) is 14.0. The van der Waals surface area contributed by atoms with Crippen LogP contribution in [0.3, 0.4) is 0 Å². The van der Waals surface area contributed by atoms with Crippen LogP contribution in [0.15, 0.2) is 78.4 Å². The van der Waals surface area contributed by atoms with Gasteiger partial charge in [0, 0.05) is 10.6 Å². The van der Waals surface area contributed by atoms with Crippen molar-refractivity contribution in [3.8, 4) is 5.75 Å². The van der Waals surface area contributed by atoms with Gasteiger partial charge < -0.3 is 4.74 Å². The van der Waals surface area contributed by atoms with Gasteiger partial charge in [-0.3, -0.25) is 19.2 Å². The second-order valence-electron chi connectivity index (χ2n) is 10.4. The summed E-state index contributed by atoms with van der Waals surface area (Å²) in [7, 11) is 0. The highest BCUT2D eigenvalue weighted by atomic mass is 35.5. The van der Waals surface area contributed by atoms with Gasteiger partial charge in [-0.1, -0.05) is 52.5 Å². The number of benzene rings is 3. The topological polar surface area (TPSA) is 101 Å². The van der Waals surface area contributed by atoms with Crippen LogP contribution in [0.4, 0.5) is 0 Å². The first kappa shape index (κ1) is 29.2. The first-order valence-electron chi connectivity index (χ1n) is 13.3. The van der Waals surface area contributed by atoms with E-state index in [-0.39, 0.29) is 21.9 Å². The quantitative estimate of drug-likeness (QED) is 0.106. The summed E-state index contributed by atoms with van der Waals surface area (Å²) in [4.78, 5) is 66.6. The molecule has 1 aliphatic heterocycles. The lowest BCUT2D eigenvalue weighted by Crippen LogP contribution is -2.52. The number of esters is 1. The Bertz CT molecular complexity index is 1630. The lowest BCUT2D eigenvalue weighted by molar-refractivity contribution is -0.154. The number of carbonyl (C=O) groups is 5. The van der Waals surface area contributed by atoms with Gasteiger partial charge in [-0.25, -0.2) is 9.80 Å². The molecule has 1 heterocycles. The van der Waals surface area contributed by atoms with Gasteiger partial charge >= 0.3 is 5.97 Å². The lowest BCUT2D eigenvalue weighted by atomic mass is 9.82. The fourth-order valence-corrected chi connectivity index (χ4v) is 5.57. The normalized spacial score (nSPS) is 17.9. The Kier molecular flexibility index (Phi) is 8.29. The van der Waals surface area contributed by atoms with Crippen molar-refractivity contribution >= 4 is 52.7 Å². The number of ether oxygens (including phenoxy) is 1. The summed E-state index contributed by atoms with van der Waals surface area (Å²) in [5.41, 5.74) is 2.53. The van der Waals surface area contributed by atoms with Crippen LogP contribution in [0, 0.1) is 18.8 Å². The zero-order chi connectivity index (χ0) is 30.1. The third kappa shape index (κ3) is 5.86. The maximum atomic E-state index is 13.8. The molecule has 3 aromatic carbocycles. The van der Waals surface area contributed by atoms with E-state index in [4.69, 9.17) is 27.9 Å². The first-order chi connectivity index (χ1) is 20.0. The second-order valence-corrected chi connectivity index (χ2v) is 11.2. The van der Waals surface area contributed by atoms with Crippen molar-refractivity contribution < 1.29 is 28.7 Å². The highest BCUT2D eigenvalue weighted by molar-refractivity contribution is 6.36. The van der Waals surface area contributed by atoms with Gasteiger partial charge in [-0.15, -0.1) is 0 Å². The van der Waals surface area contributed by atoms with E-state index in [9.17, 15) is 24.0 Å². The molecule has 0 bridgehead atoms. The van der Waals surface area contributed by atoms with Crippen molar-refractivity contribution in [3.63, 3.8) is 0 Å². The molecule has 0 spiro atoms. The number of hydrogen-bond acceptors (Lipinski definition) is 6. The van der Waals surface area contributed by atoms with Crippen molar-refractivity contribution in [2.75, 3.05) is 6.54 Å². The summed E-state index contributed by atoms with van der Waals surface area (Å²) in [6.45, 7) is 3.19. The second kappa shape index (κ2) is 11.9. The molecule has 1 saturated heterocycles. The van der Waals surface area contributed by atoms with E-state index in [0.29, 0.717) is 23.4 Å². The summed E-state index contributed by atoms with van der Waals surface area (Å²) in [6, 6.07) is 16.9. The Labute approximate surface area is 252 Å². The minimum absolute atomic E-state index is 0.0127. The maximum absolute atomic E-state index is 13.8. The summed E-state index contributed by atoms with van der Waals surface area (Å²) in [6.07, 6.45) is 2.68. The molecule has 0 aromatic heterocycles. The molecule has 0 unspecified atom stereocenters. The number of aryl methyl sites for hydroxylation is 1. The average molecular weight is 605 g/mol. The zero-order valence-electron chi connectivity index (χ0n) is 22.8.